The van der Waals surface area contributed by atoms with Crippen LogP contribution in [0.4, 0.5) is 5.95 Å². The summed E-state index contributed by atoms with van der Waals surface area (Å²) in [4.78, 5) is 47.4. The number of hydrogen-bond acceptors (Lipinski definition) is 12. The van der Waals surface area contributed by atoms with Gasteiger partial charge in [-0.05, 0) is 0 Å². The van der Waals surface area contributed by atoms with E-state index in [0.29, 0.717) is 11.2 Å². The second kappa shape index (κ2) is 8.31. The largest absolute Gasteiger partial charge is 0.490 e. The summed E-state index contributed by atoms with van der Waals surface area (Å²) in [5.41, 5.74) is 6.26. The molecule has 3 rings (SSSR count). The molecule has 1 saturated heterocycles. The van der Waals surface area contributed by atoms with E-state index < -0.39 is 48.5 Å². The van der Waals surface area contributed by atoms with Crippen molar-refractivity contribution in [3.05, 3.63) is 12.5 Å². The highest BCUT2D eigenvalue weighted by molar-refractivity contribution is 7.66. The Hall–Kier alpha value is -1.32. The van der Waals surface area contributed by atoms with Crippen molar-refractivity contribution < 1.29 is 56.3 Å². The summed E-state index contributed by atoms with van der Waals surface area (Å²) in [7, 11) is -16.5. The van der Waals surface area contributed by atoms with Crippen LogP contribution in [0.1, 0.15) is 12.6 Å². The van der Waals surface area contributed by atoms with E-state index in [0.717, 1.165) is 0 Å². The van der Waals surface area contributed by atoms with E-state index in [1.165, 1.54) is 17.1 Å². The molecular weight excluding hydrogens is 475 g/mol. The first-order valence-corrected chi connectivity index (χ1v) is 12.3. The molecule has 2 unspecified atom stereocenters. The number of phosphoric ester groups is 1. The van der Waals surface area contributed by atoms with Crippen LogP contribution in [0.15, 0.2) is 12.5 Å². The fraction of sp³-hybridized carbons (Fsp3) is 0.500. The lowest BCUT2D eigenvalue weighted by Gasteiger charge is -2.19. The van der Waals surface area contributed by atoms with Crippen molar-refractivity contribution >= 4 is 40.6 Å². The van der Waals surface area contributed by atoms with Gasteiger partial charge in [0.15, 0.2) is 5.65 Å². The van der Waals surface area contributed by atoms with Gasteiger partial charge in [0.2, 0.25) is 5.95 Å². The summed E-state index contributed by atoms with van der Waals surface area (Å²) in [6.45, 7) is -0.787. The minimum atomic E-state index is -5.64. The number of aliphatic hydroxyl groups excluding tert-OH is 1. The Balaban J connectivity index is 1.64. The maximum Gasteiger partial charge on any atom is 0.490 e. The molecule has 2 aromatic rings. The minimum Gasteiger partial charge on any atom is -0.390 e. The zero-order chi connectivity index (χ0) is 22.3. The fourth-order valence-electron chi connectivity index (χ4n) is 2.56. The number of rotatable bonds is 8. The van der Waals surface area contributed by atoms with Crippen LogP contribution in [0, 0.1) is 0 Å². The van der Waals surface area contributed by atoms with Gasteiger partial charge < -0.3 is 35.2 Å². The lowest BCUT2D eigenvalue weighted by atomic mass is 10.2. The molecule has 168 valence electrons. The maximum atomic E-state index is 11.8. The summed E-state index contributed by atoms with van der Waals surface area (Å²) >= 11 is 0. The van der Waals surface area contributed by atoms with Crippen LogP contribution in [-0.4, -0.2) is 63.0 Å². The van der Waals surface area contributed by atoms with Crippen molar-refractivity contribution in [1.82, 2.24) is 19.5 Å². The van der Waals surface area contributed by atoms with Gasteiger partial charge in [-0.3, -0.25) is 9.09 Å². The van der Waals surface area contributed by atoms with Gasteiger partial charge in [0.25, 0.3) is 0 Å². The van der Waals surface area contributed by atoms with Gasteiger partial charge in [-0.15, -0.1) is 0 Å². The molecule has 17 nitrogen and oxygen atoms in total. The Morgan fingerprint density at radius 2 is 1.87 bits per heavy atom. The molecule has 0 bridgehead atoms. The van der Waals surface area contributed by atoms with Crippen molar-refractivity contribution in [2.24, 2.45) is 0 Å². The average Bonchev–Trinajstić information content (AvgIpc) is 3.12. The standard InChI is InChI=1S/C10H16N5O12P3/c11-10-12-2-5-9(14-10)15(4-13-5)8-1-6(16)7(25-8)3-24-29(20,21)27-30(22,23)26-28(17,18)19/h2,4,6-8,16H,1,3H2,(H,20,21)(H,22,23)(H2,11,12,14)(H2,17,18,19)/t6-,7+,8+/m0/s1. The predicted octanol–water partition coefficient (Wildman–Crippen LogP) is -0.600. The smallest absolute Gasteiger partial charge is 0.390 e. The van der Waals surface area contributed by atoms with Gasteiger partial charge in [0.1, 0.15) is 17.8 Å². The molecule has 0 aliphatic carbocycles. The van der Waals surface area contributed by atoms with E-state index in [9.17, 15) is 23.7 Å². The second-order valence-electron chi connectivity index (χ2n) is 5.91. The predicted molar refractivity (Wildman–Crippen MR) is 94.1 cm³/mol. The molecule has 2 aromatic heterocycles. The molecular formula is C10H16N5O12P3. The number of phosphoric acid groups is 3. The van der Waals surface area contributed by atoms with Gasteiger partial charge in [-0.25, -0.2) is 23.7 Å². The lowest BCUT2D eigenvalue weighted by molar-refractivity contribution is -0.0423. The highest BCUT2D eigenvalue weighted by Gasteiger charge is 2.43. The summed E-state index contributed by atoms with van der Waals surface area (Å²) in [6, 6.07) is 0. The monoisotopic (exact) mass is 491 g/mol. The Kier molecular flexibility index (Phi) is 6.47. The fourth-order valence-corrected chi connectivity index (χ4v) is 5.59. The molecule has 0 aromatic carbocycles. The van der Waals surface area contributed by atoms with Crippen molar-refractivity contribution in [1.29, 1.82) is 0 Å². The van der Waals surface area contributed by atoms with E-state index in [-0.39, 0.29) is 12.4 Å². The average molecular weight is 491 g/mol. The Bertz CT molecular complexity index is 1070. The van der Waals surface area contributed by atoms with Crippen molar-refractivity contribution in [2.45, 2.75) is 24.9 Å². The topological polar surface area (TPSA) is 259 Å². The molecule has 1 aliphatic heterocycles. The SMILES string of the molecule is Nc1ncc2ncn([C@H]3C[C@H](O)[C@@H](COP(=O)(O)OP(=O)(O)OP(=O)(O)O)O3)c2n1. The molecule has 30 heavy (non-hydrogen) atoms. The van der Waals surface area contributed by atoms with Crippen LogP contribution in [0.2, 0.25) is 0 Å². The van der Waals surface area contributed by atoms with Gasteiger partial charge in [0, 0.05) is 6.42 Å². The van der Waals surface area contributed by atoms with Gasteiger partial charge in [-0.1, -0.05) is 0 Å². The number of aromatic nitrogens is 4. The zero-order valence-electron chi connectivity index (χ0n) is 14.6. The minimum absolute atomic E-state index is 0.000206. The number of aliphatic hydroxyl groups is 1. The van der Waals surface area contributed by atoms with E-state index >= 15 is 0 Å². The third-order valence-corrected chi connectivity index (χ3v) is 7.47. The van der Waals surface area contributed by atoms with Crippen LogP contribution >= 0.6 is 23.5 Å². The zero-order valence-corrected chi connectivity index (χ0v) is 17.3. The lowest BCUT2D eigenvalue weighted by Crippen LogP contribution is -2.26. The maximum absolute atomic E-state index is 11.8. The van der Waals surface area contributed by atoms with Gasteiger partial charge in [-0.2, -0.15) is 13.6 Å². The van der Waals surface area contributed by atoms with Crippen LogP contribution in [0.25, 0.3) is 11.2 Å². The summed E-state index contributed by atoms with van der Waals surface area (Å²) in [5.74, 6) is -0.0213. The molecule has 7 N–H and O–H groups in total. The third-order valence-electron chi connectivity index (χ3n) is 3.67. The molecule has 1 aliphatic rings. The third kappa shape index (κ3) is 5.88. The Labute approximate surface area is 166 Å². The summed E-state index contributed by atoms with van der Waals surface area (Å²) in [5, 5.41) is 10.1. The molecule has 0 radical (unpaired) electrons. The number of nitrogen functional groups attached to an aromatic ring is 1. The van der Waals surface area contributed by atoms with Crippen molar-refractivity contribution in [2.75, 3.05) is 12.3 Å². The number of nitrogens with two attached hydrogens (primary N) is 1. The highest BCUT2D eigenvalue weighted by Crippen LogP contribution is 2.66. The van der Waals surface area contributed by atoms with Crippen LogP contribution in [-0.2, 0) is 31.6 Å². The Morgan fingerprint density at radius 1 is 1.17 bits per heavy atom. The number of fused-ring (bicyclic) bond motifs is 1. The van der Waals surface area contributed by atoms with Crippen LogP contribution < -0.4 is 5.73 Å². The molecule has 1 fully saturated rings. The second-order valence-corrected chi connectivity index (χ2v) is 10.3. The van der Waals surface area contributed by atoms with E-state index in [1.54, 1.807) is 0 Å². The number of ether oxygens (including phenoxy) is 1. The normalized spacial score (nSPS) is 26.5. The first kappa shape index (κ1) is 23.3. The number of imidazole rings is 1. The number of hydrogen-bond donors (Lipinski definition) is 6. The van der Waals surface area contributed by atoms with Crippen LogP contribution in [0.5, 0.6) is 0 Å². The van der Waals surface area contributed by atoms with E-state index in [1.807, 2.05) is 0 Å². The first-order valence-electron chi connectivity index (χ1n) is 7.82. The summed E-state index contributed by atoms with van der Waals surface area (Å²) < 4.78 is 52.3. The van der Waals surface area contributed by atoms with Crippen molar-refractivity contribution in [3.8, 4) is 0 Å². The molecule has 3 heterocycles. The molecule has 0 saturated carbocycles. The van der Waals surface area contributed by atoms with E-state index in [2.05, 4.69) is 28.1 Å². The summed E-state index contributed by atoms with van der Waals surface area (Å²) in [6.07, 6.45) is -0.447. The Morgan fingerprint density at radius 3 is 2.53 bits per heavy atom. The molecule has 5 atom stereocenters. The molecule has 0 amide bonds. The van der Waals surface area contributed by atoms with Gasteiger partial charge in [0.05, 0.1) is 25.2 Å². The van der Waals surface area contributed by atoms with Crippen LogP contribution in [0.3, 0.4) is 0 Å². The van der Waals surface area contributed by atoms with E-state index in [4.69, 9.17) is 25.2 Å². The quantitative estimate of drug-likeness (QED) is 0.252. The molecule has 0 spiro atoms. The first-order chi connectivity index (χ1) is 13.7. The van der Waals surface area contributed by atoms with Crippen molar-refractivity contribution in [3.63, 3.8) is 0 Å². The molecule has 20 heteroatoms. The van der Waals surface area contributed by atoms with Gasteiger partial charge >= 0.3 is 23.5 Å². The highest BCUT2D eigenvalue weighted by atomic mass is 31.3. The number of anilines is 1. The number of nitrogens with zero attached hydrogens (tertiary/aromatic N) is 4.